The molecule has 1 amide bonds. The van der Waals surface area contributed by atoms with Gasteiger partial charge >= 0.3 is 0 Å². The van der Waals surface area contributed by atoms with Gasteiger partial charge in [-0.15, -0.1) is 11.8 Å². The lowest BCUT2D eigenvalue weighted by Crippen LogP contribution is -2.21. The Morgan fingerprint density at radius 1 is 1.36 bits per heavy atom. The van der Waals surface area contributed by atoms with Crippen molar-refractivity contribution in [3.63, 3.8) is 0 Å². The summed E-state index contributed by atoms with van der Waals surface area (Å²) in [6.45, 7) is 6.09. The molecule has 1 atom stereocenters. The minimum absolute atomic E-state index is 0.0511. The number of hydrogen-bond donors (Lipinski definition) is 1. The zero-order valence-corrected chi connectivity index (χ0v) is 18.5. The maximum absolute atomic E-state index is 12.5. The third-order valence-corrected chi connectivity index (χ3v) is 7.79. The first-order valence-corrected chi connectivity index (χ1v) is 12.2. The van der Waals surface area contributed by atoms with E-state index in [1.54, 1.807) is 10.7 Å². The molecule has 1 unspecified atom stereocenters. The van der Waals surface area contributed by atoms with Gasteiger partial charge in [0.1, 0.15) is 5.82 Å². The molecule has 2 heterocycles. The van der Waals surface area contributed by atoms with Crippen molar-refractivity contribution in [3.05, 3.63) is 41.0 Å². The average Bonchev–Trinajstić information content (AvgIpc) is 3.17. The molecule has 6 nitrogen and oxygen atoms in total. The number of nitrogens with zero attached hydrogens (tertiary/aromatic N) is 2. The number of hydrogen-bond acceptors (Lipinski definition) is 5. The number of amides is 1. The first-order chi connectivity index (χ1) is 13.0. The van der Waals surface area contributed by atoms with E-state index in [2.05, 4.69) is 10.4 Å². The van der Waals surface area contributed by atoms with Gasteiger partial charge in [0.05, 0.1) is 34.0 Å². The van der Waals surface area contributed by atoms with Crippen molar-refractivity contribution < 1.29 is 13.2 Å². The Kier molecular flexibility index (Phi) is 6.12. The van der Waals surface area contributed by atoms with Gasteiger partial charge in [0.15, 0.2) is 9.84 Å². The summed E-state index contributed by atoms with van der Waals surface area (Å²) >= 11 is 7.49. The van der Waals surface area contributed by atoms with Crippen LogP contribution in [0, 0.1) is 0 Å². The zero-order chi connectivity index (χ0) is 20.5. The maximum Gasteiger partial charge on any atom is 0.235 e. The molecule has 1 aromatic heterocycles. The summed E-state index contributed by atoms with van der Waals surface area (Å²) in [6.07, 6.45) is 0.505. The van der Waals surface area contributed by atoms with Crippen LogP contribution in [0.1, 0.15) is 38.9 Å². The van der Waals surface area contributed by atoms with Gasteiger partial charge in [0.25, 0.3) is 0 Å². The van der Waals surface area contributed by atoms with Crippen LogP contribution in [0.15, 0.2) is 35.2 Å². The summed E-state index contributed by atoms with van der Waals surface area (Å²) in [5.41, 5.74) is 0.597. The van der Waals surface area contributed by atoms with E-state index < -0.39 is 9.84 Å². The van der Waals surface area contributed by atoms with Gasteiger partial charge < -0.3 is 5.32 Å². The summed E-state index contributed by atoms with van der Waals surface area (Å²) in [4.78, 5) is 13.4. The molecule has 152 valence electrons. The number of aromatic nitrogens is 2. The highest BCUT2D eigenvalue weighted by Crippen LogP contribution is 2.31. The Labute approximate surface area is 175 Å². The van der Waals surface area contributed by atoms with Crippen LogP contribution in [0.5, 0.6) is 0 Å². The summed E-state index contributed by atoms with van der Waals surface area (Å²) in [6, 6.07) is 8.95. The number of rotatable bonds is 5. The lowest BCUT2D eigenvalue weighted by molar-refractivity contribution is -0.113. The zero-order valence-electron chi connectivity index (χ0n) is 16.1. The van der Waals surface area contributed by atoms with E-state index in [1.807, 2.05) is 45.0 Å². The fraction of sp³-hybridized carbons (Fsp3) is 0.474. The van der Waals surface area contributed by atoms with Crippen LogP contribution in [0.4, 0.5) is 5.82 Å². The van der Waals surface area contributed by atoms with E-state index >= 15 is 0 Å². The number of nitrogens with one attached hydrogen (secondary N) is 1. The number of thioether (sulfide) groups is 1. The molecule has 0 radical (unpaired) electrons. The van der Waals surface area contributed by atoms with Crippen molar-refractivity contribution >= 4 is 44.9 Å². The molecule has 1 aromatic carbocycles. The van der Waals surface area contributed by atoms with Crippen molar-refractivity contribution in [2.45, 2.75) is 43.5 Å². The van der Waals surface area contributed by atoms with E-state index in [1.165, 1.54) is 11.8 Å². The fourth-order valence-electron chi connectivity index (χ4n) is 2.98. The summed E-state index contributed by atoms with van der Waals surface area (Å²) in [5.74, 6) is 0.750. The third-order valence-electron chi connectivity index (χ3n) is 4.52. The minimum atomic E-state index is -3.06. The van der Waals surface area contributed by atoms with E-state index in [0.717, 1.165) is 10.6 Å². The number of carbonyl (C=O) groups is 1. The Hall–Kier alpha value is -1.51. The molecule has 9 heteroatoms. The van der Waals surface area contributed by atoms with Gasteiger partial charge in [-0.1, -0.05) is 44.5 Å². The highest BCUT2D eigenvalue weighted by molar-refractivity contribution is 8.00. The van der Waals surface area contributed by atoms with Crippen molar-refractivity contribution in [1.82, 2.24) is 9.78 Å². The molecule has 0 bridgehead atoms. The Balaban J connectivity index is 1.77. The molecule has 2 aromatic rings. The number of carbonyl (C=O) groups excluding carboxylic acids is 1. The molecular weight excluding hydrogens is 418 g/mol. The standard InChI is InChI=1S/C19H24ClN3O3S2/c1-19(2,3)16-10-17(23(22-16)13-8-9-28(25,26)12-13)21-18(24)11-27-15-7-5-4-6-14(15)20/h4-7,10,13H,8-9,11-12H2,1-3H3,(H,21,24). The van der Waals surface area contributed by atoms with Crippen molar-refractivity contribution in [1.29, 1.82) is 0 Å². The number of sulfone groups is 1. The predicted octanol–water partition coefficient (Wildman–Crippen LogP) is 3.92. The Bertz CT molecular complexity index is 981. The highest BCUT2D eigenvalue weighted by atomic mass is 35.5. The quantitative estimate of drug-likeness (QED) is 0.711. The normalized spacial score (nSPS) is 18.9. The van der Waals surface area contributed by atoms with Crippen LogP contribution >= 0.6 is 23.4 Å². The SMILES string of the molecule is CC(C)(C)c1cc(NC(=O)CSc2ccccc2Cl)n(C2CCS(=O)(=O)C2)n1. The summed E-state index contributed by atoms with van der Waals surface area (Å²) in [5, 5.41) is 8.13. The fourth-order valence-corrected chi connectivity index (χ4v) is 5.72. The van der Waals surface area contributed by atoms with E-state index in [0.29, 0.717) is 17.3 Å². The molecule has 28 heavy (non-hydrogen) atoms. The number of halogens is 1. The van der Waals surface area contributed by atoms with Crippen LogP contribution in [0.2, 0.25) is 5.02 Å². The van der Waals surface area contributed by atoms with Crippen molar-refractivity contribution in [2.75, 3.05) is 22.6 Å². The lowest BCUT2D eigenvalue weighted by Gasteiger charge is -2.15. The van der Waals surface area contributed by atoms with Gasteiger partial charge in [-0.3, -0.25) is 4.79 Å². The van der Waals surface area contributed by atoms with Gasteiger partial charge in [0.2, 0.25) is 5.91 Å². The summed E-state index contributed by atoms with van der Waals surface area (Å²) in [7, 11) is -3.06. The van der Waals surface area contributed by atoms with Crippen LogP contribution in [-0.4, -0.2) is 41.4 Å². The summed E-state index contributed by atoms with van der Waals surface area (Å²) < 4.78 is 25.5. The molecule has 1 N–H and O–H groups in total. The first kappa shape index (κ1) is 21.2. The first-order valence-electron chi connectivity index (χ1n) is 9.03. The highest BCUT2D eigenvalue weighted by Gasteiger charge is 2.32. The van der Waals surface area contributed by atoms with Gasteiger partial charge in [0, 0.05) is 16.4 Å². The minimum Gasteiger partial charge on any atom is -0.310 e. The third kappa shape index (κ3) is 5.10. The van der Waals surface area contributed by atoms with E-state index in [-0.39, 0.29) is 34.6 Å². The predicted molar refractivity (Wildman–Crippen MR) is 114 cm³/mol. The molecule has 1 fully saturated rings. The van der Waals surface area contributed by atoms with Gasteiger partial charge in [-0.25, -0.2) is 13.1 Å². The Morgan fingerprint density at radius 3 is 2.68 bits per heavy atom. The van der Waals surface area contributed by atoms with Gasteiger partial charge in [-0.05, 0) is 18.6 Å². The molecule has 3 rings (SSSR count). The molecule has 1 saturated heterocycles. The van der Waals surface area contributed by atoms with Crippen LogP contribution in [-0.2, 0) is 20.0 Å². The maximum atomic E-state index is 12.5. The number of anilines is 1. The Morgan fingerprint density at radius 2 is 2.07 bits per heavy atom. The van der Waals surface area contributed by atoms with E-state index in [9.17, 15) is 13.2 Å². The lowest BCUT2D eigenvalue weighted by atomic mass is 9.92. The second-order valence-corrected chi connectivity index (χ2v) is 11.6. The molecule has 1 aliphatic rings. The second-order valence-electron chi connectivity index (χ2n) is 7.93. The van der Waals surface area contributed by atoms with E-state index in [4.69, 9.17) is 11.6 Å². The largest absolute Gasteiger partial charge is 0.310 e. The van der Waals surface area contributed by atoms with Crippen LogP contribution < -0.4 is 5.32 Å². The average molecular weight is 442 g/mol. The van der Waals surface area contributed by atoms with Crippen molar-refractivity contribution in [2.24, 2.45) is 0 Å². The van der Waals surface area contributed by atoms with Crippen LogP contribution in [0.3, 0.4) is 0 Å². The van der Waals surface area contributed by atoms with Gasteiger partial charge in [-0.2, -0.15) is 5.10 Å². The van der Waals surface area contributed by atoms with Crippen LogP contribution in [0.25, 0.3) is 0 Å². The molecular formula is C19H24ClN3O3S2. The molecule has 1 aliphatic heterocycles. The molecule has 0 spiro atoms. The number of benzene rings is 1. The monoisotopic (exact) mass is 441 g/mol. The molecule has 0 aliphatic carbocycles. The smallest absolute Gasteiger partial charge is 0.235 e. The second kappa shape index (κ2) is 8.08. The topological polar surface area (TPSA) is 81.1 Å². The van der Waals surface area contributed by atoms with Crippen molar-refractivity contribution in [3.8, 4) is 0 Å². The molecule has 0 saturated carbocycles.